The van der Waals surface area contributed by atoms with Gasteiger partial charge < -0.3 is 38.7 Å². The van der Waals surface area contributed by atoms with Gasteiger partial charge in [0.05, 0.1) is 57.1 Å². The van der Waals surface area contributed by atoms with Crippen molar-refractivity contribution in [3.05, 3.63) is 108 Å². The second kappa shape index (κ2) is 25.6. The summed E-state index contributed by atoms with van der Waals surface area (Å²) in [6.07, 6.45) is 17.5. The van der Waals surface area contributed by atoms with Crippen LogP contribution in [0.4, 0.5) is 10.6 Å². The van der Waals surface area contributed by atoms with E-state index in [-0.39, 0.29) is 47.4 Å². The monoisotopic (exact) mass is 1010 g/mol. The van der Waals surface area contributed by atoms with E-state index in [1.807, 2.05) is 20.0 Å². The smallest absolute Gasteiger partial charge is 0.407 e. The zero-order valence-electron chi connectivity index (χ0n) is 45.2. The molecule has 398 valence electrons. The molecule has 74 heavy (non-hydrogen) atoms. The average molecular weight is 1010 g/mol. The number of carbonyl (C=O) groups excluding carboxylic acids is 3. The van der Waals surface area contributed by atoms with E-state index in [0.29, 0.717) is 44.7 Å². The summed E-state index contributed by atoms with van der Waals surface area (Å²) in [6.45, 7) is 12.8. The molecule has 3 aromatic heterocycles. The number of alkyl carbamates (subject to hydrolysis) is 1. The molecule has 4 aromatic rings. The van der Waals surface area contributed by atoms with Crippen molar-refractivity contribution in [3.63, 3.8) is 0 Å². The van der Waals surface area contributed by atoms with Gasteiger partial charge in [0.2, 0.25) is 0 Å². The Morgan fingerprint density at radius 1 is 0.838 bits per heavy atom. The van der Waals surface area contributed by atoms with Gasteiger partial charge in [0.25, 0.3) is 0 Å². The lowest BCUT2D eigenvalue weighted by Gasteiger charge is -2.34. The number of esters is 1. The van der Waals surface area contributed by atoms with Crippen LogP contribution in [0.5, 0.6) is 0 Å². The van der Waals surface area contributed by atoms with Crippen LogP contribution in [0.15, 0.2) is 90.1 Å². The highest BCUT2D eigenvalue weighted by Gasteiger charge is 2.40. The van der Waals surface area contributed by atoms with Gasteiger partial charge in [-0.05, 0) is 122 Å². The van der Waals surface area contributed by atoms with Gasteiger partial charge in [-0.15, -0.1) is 0 Å². The van der Waals surface area contributed by atoms with Gasteiger partial charge >= 0.3 is 12.1 Å². The summed E-state index contributed by atoms with van der Waals surface area (Å²) in [5.41, 5.74) is 10.2. The number of ether oxygens (including phenoxy) is 4. The molecule has 0 bridgehead atoms. The number of benzene rings is 1. The molecule has 7 atom stereocenters. The highest BCUT2D eigenvalue weighted by Crippen LogP contribution is 2.42. The molecule has 7 unspecified atom stereocenters. The average Bonchev–Trinajstić information content (AvgIpc) is 4.28. The number of aromatic amines is 1. The molecule has 1 aromatic carbocycles. The Bertz CT molecular complexity index is 2590. The third-order valence-electron chi connectivity index (χ3n) is 16.2. The first-order valence-corrected chi connectivity index (χ1v) is 27.3. The van der Waals surface area contributed by atoms with Gasteiger partial charge in [-0.3, -0.25) is 19.5 Å². The van der Waals surface area contributed by atoms with E-state index in [9.17, 15) is 14.4 Å². The second-order valence-corrected chi connectivity index (χ2v) is 21.5. The maximum atomic E-state index is 14.1. The molecule has 2 aliphatic carbocycles. The van der Waals surface area contributed by atoms with Crippen molar-refractivity contribution in [2.45, 2.75) is 116 Å². The molecule has 1 saturated carbocycles. The maximum Gasteiger partial charge on any atom is 0.407 e. The summed E-state index contributed by atoms with van der Waals surface area (Å²) < 4.78 is 23.2. The van der Waals surface area contributed by atoms with E-state index < -0.39 is 12.1 Å². The third kappa shape index (κ3) is 12.8. The lowest BCUT2D eigenvalue weighted by molar-refractivity contribution is -0.142. The molecule has 0 radical (unpaired) electrons. The van der Waals surface area contributed by atoms with Crippen LogP contribution >= 0.6 is 0 Å². The van der Waals surface area contributed by atoms with E-state index in [4.69, 9.17) is 28.9 Å². The molecule has 14 nitrogen and oxygen atoms in total. The molecule has 8 rings (SSSR count). The number of anilines is 1. The summed E-state index contributed by atoms with van der Waals surface area (Å²) >= 11 is 0. The van der Waals surface area contributed by atoms with Crippen molar-refractivity contribution in [3.8, 4) is 16.9 Å². The Kier molecular flexibility index (Phi) is 18.8. The van der Waals surface area contributed by atoms with Crippen LogP contribution in [0.3, 0.4) is 0 Å². The molecule has 14 heteroatoms. The summed E-state index contributed by atoms with van der Waals surface area (Å²) in [6, 6.07) is 21.9. The Morgan fingerprint density at radius 3 is 2.27 bits per heavy atom. The van der Waals surface area contributed by atoms with Crippen LogP contribution in [-0.4, -0.2) is 117 Å². The minimum atomic E-state index is -0.589. The van der Waals surface area contributed by atoms with Crippen molar-refractivity contribution >= 4 is 34.9 Å². The Morgan fingerprint density at radius 2 is 1.61 bits per heavy atom. The standard InChI is InChI=1S/C60H81N7O7/c1-39(2)45(36-57(68)73-7)38-66-31-11-14-55(66)52-27-25-50(63-52)42-17-21-44(22-18-42)54-29-28-53(67(54)46-23-30-56(61-37-46)65(32-34-71-5)33-35-72-6)43-19-15-41(16-20-43)49-24-26-51(62-49)47-12-9-10-13-48(47)59(69)58(40(3)4)64-60(70)74-8/h15-21,23,25,27-30,37,39-40,44-45,47-49,55,58,63H,9-14,22,24,26,31-36,38H2,1-8H3,(H,64,70). The summed E-state index contributed by atoms with van der Waals surface area (Å²) in [5.74, 6) is 1.46. The van der Waals surface area contributed by atoms with E-state index >= 15 is 0 Å². The highest BCUT2D eigenvalue weighted by atomic mass is 16.5. The zero-order chi connectivity index (χ0) is 52.3. The number of methoxy groups -OCH3 is 4. The quantitative estimate of drug-likeness (QED) is 0.0687. The normalized spacial score (nSPS) is 21.9. The van der Waals surface area contributed by atoms with Crippen molar-refractivity contribution in [1.82, 2.24) is 24.8 Å². The number of aliphatic imine (C=N–C) groups is 1. The predicted octanol–water partition coefficient (Wildman–Crippen LogP) is 11.1. The number of amides is 1. The minimum absolute atomic E-state index is 0.0283. The molecule has 1 amide bonds. The lowest BCUT2D eigenvalue weighted by atomic mass is 9.71. The molecular weight excluding hydrogens is 931 g/mol. The van der Waals surface area contributed by atoms with Gasteiger partial charge in [0.1, 0.15) is 5.82 Å². The molecule has 0 spiro atoms. The number of nitrogens with one attached hydrogen (secondary N) is 2. The van der Waals surface area contributed by atoms with E-state index in [2.05, 4.69) is 117 Å². The fourth-order valence-corrected chi connectivity index (χ4v) is 11.9. The predicted molar refractivity (Wildman–Crippen MR) is 293 cm³/mol. The molecule has 5 heterocycles. The number of carbonyl (C=O) groups is 3. The number of hydrogen-bond donors (Lipinski definition) is 2. The maximum absolute atomic E-state index is 14.1. The molecule has 4 aliphatic rings. The van der Waals surface area contributed by atoms with Gasteiger partial charge in [-0.1, -0.05) is 83.0 Å². The fourth-order valence-electron chi connectivity index (χ4n) is 11.9. The van der Waals surface area contributed by atoms with E-state index in [0.717, 1.165) is 105 Å². The first kappa shape index (κ1) is 54.4. The molecule has 2 aliphatic heterocycles. The molecule has 2 N–H and O–H groups in total. The van der Waals surface area contributed by atoms with Crippen LogP contribution in [-0.2, 0) is 28.5 Å². The van der Waals surface area contributed by atoms with Gasteiger partial charge in [-0.2, -0.15) is 0 Å². The van der Waals surface area contributed by atoms with Gasteiger partial charge in [-0.25, -0.2) is 9.78 Å². The topological polar surface area (TPSA) is 153 Å². The zero-order valence-corrected chi connectivity index (χ0v) is 45.2. The first-order chi connectivity index (χ1) is 35.9. The van der Waals surface area contributed by atoms with Crippen LogP contribution in [0.2, 0.25) is 0 Å². The SMILES string of the molecule is COCCN(CCOC)c1ccc(-n2c(-c3ccc(C4CCC(C5CCCCC5C(=O)C(NC(=O)OC)C(C)C)=N4)cc3)ccc2C2C=CC(c3ccc(C4CCCN4CC(CC(=O)OC)C(C)C)[nH]3)=CC2)cn1. The van der Waals surface area contributed by atoms with Gasteiger partial charge in [0, 0.05) is 86.9 Å². The number of Topliss-reactive ketones (excluding diaryl/α,β-unsaturated/α-hetero) is 1. The second-order valence-electron chi connectivity index (χ2n) is 21.5. The Labute approximate surface area is 439 Å². The lowest BCUT2D eigenvalue weighted by Crippen LogP contribution is -2.49. The van der Waals surface area contributed by atoms with Crippen molar-refractivity contribution < 1.29 is 33.3 Å². The Hall–Kier alpha value is -5.83. The number of allylic oxidation sites excluding steroid dienone is 4. The molecule has 2 fully saturated rings. The third-order valence-corrected chi connectivity index (χ3v) is 16.2. The number of H-pyrrole nitrogens is 1. The largest absolute Gasteiger partial charge is 0.469 e. The number of ketones is 1. The molecular formula is C60H81N7O7. The number of pyridine rings is 1. The van der Waals surface area contributed by atoms with E-state index in [1.165, 1.54) is 36.7 Å². The molecule has 1 saturated heterocycles. The fraction of sp³-hybridized carbons (Fsp3) is 0.550. The summed E-state index contributed by atoms with van der Waals surface area (Å²) in [4.78, 5) is 57.5. The van der Waals surface area contributed by atoms with Crippen LogP contribution < -0.4 is 10.2 Å². The van der Waals surface area contributed by atoms with Crippen LogP contribution in [0, 0.1) is 29.6 Å². The van der Waals surface area contributed by atoms with E-state index in [1.54, 1.807) is 14.2 Å². The number of rotatable bonds is 23. The minimum Gasteiger partial charge on any atom is -0.469 e. The van der Waals surface area contributed by atoms with Crippen molar-refractivity contribution in [2.24, 2.45) is 34.6 Å². The van der Waals surface area contributed by atoms with Crippen molar-refractivity contribution in [1.29, 1.82) is 0 Å². The Balaban J connectivity index is 1.03. The van der Waals surface area contributed by atoms with Crippen LogP contribution in [0.1, 0.15) is 133 Å². The number of aromatic nitrogens is 3. The van der Waals surface area contributed by atoms with Gasteiger partial charge in [0.15, 0.2) is 5.78 Å². The summed E-state index contributed by atoms with van der Waals surface area (Å²) in [7, 11) is 6.25. The number of nitrogens with zero attached hydrogens (tertiary/aromatic N) is 5. The first-order valence-electron chi connectivity index (χ1n) is 27.3. The number of likely N-dealkylation sites (tertiary alicyclic amines) is 1. The van der Waals surface area contributed by atoms with Crippen LogP contribution in [0.25, 0.3) is 22.5 Å². The van der Waals surface area contributed by atoms with Crippen molar-refractivity contribution in [2.75, 3.05) is 72.7 Å². The number of hydrogen-bond acceptors (Lipinski definition) is 11. The summed E-state index contributed by atoms with van der Waals surface area (Å²) in [5, 5.41) is 2.83. The highest BCUT2D eigenvalue weighted by molar-refractivity contribution is 5.97.